The Morgan fingerprint density at radius 2 is 1.97 bits per heavy atom. The Morgan fingerprint density at radius 1 is 1.30 bits per heavy atom. The third-order valence-electron chi connectivity index (χ3n) is 5.88. The number of carbonyl (C=O) groups excluding carboxylic acids is 1. The SMILES string of the molecule is COc1c(N2CCC3(CC2)CNC(=O)O3)c(F)cc2c(=O)c(C(=O)O)cn(CC(F)(F)F)c12. The minimum absolute atomic E-state index is 0.157. The number of carboxylic acid groups (broad SMARTS) is 1. The maximum Gasteiger partial charge on any atom is 0.407 e. The van der Waals surface area contributed by atoms with E-state index in [1.165, 1.54) is 0 Å². The maximum absolute atomic E-state index is 15.2. The van der Waals surface area contributed by atoms with E-state index in [0.717, 1.165) is 13.2 Å². The highest BCUT2D eigenvalue weighted by Crippen LogP contribution is 2.41. The number of aromatic nitrogens is 1. The molecule has 178 valence electrons. The Hall–Kier alpha value is -3.51. The number of fused-ring (bicyclic) bond motifs is 1. The molecule has 9 nitrogen and oxygen atoms in total. The molecule has 4 rings (SSSR count). The number of rotatable bonds is 4. The van der Waals surface area contributed by atoms with Crippen LogP contribution in [0.2, 0.25) is 0 Å². The number of alkyl carbamates (subject to hydrolysis) is 1. The predicted molar refractivity (Wildman–Crippen MR) is 106 cm³/mol. The van der Waals surface area contributed by atoms with Crippen molar-refractivity contribution in [3.63, 3.8) is 0 Å². The maximum atomic E-state index is 15.2. The molecule has 1 aromatic heterocycles. The number of carbonyl (C=O) groups is 2. The van der Waals surface area contributed by atoms with E-state index in [9.17, 15) is 32.7 Å². The van der Waals surface area contributed by atoms with Crippen LogP contribution < -0.4 is 20.4 Å². The van der Waals surface area contributed by atoms with E-state index in [-0.39, 0.29) is 30.0 Å². The number of amides is 1. The fourth-order valence-electron chi connectivity index (χ4n) is 4.37. The molecule has 13 heteroatoms. The number of carboxylic acids is 1. The molecule has 0 radical (unpaired) electrons. The molecule has 0 saturated carbocycles. The monoisotopic (exact) mass is 473 g/mol. The summed E-state index contributed by atoms with van der Waals surface area (Å²) in [7, 11) is 1.12. The Morgan fingerprint density at radius 3 is 2.48 bits per heavy atom. The number of alkyl halides is 3. The van der Waals surface area contributed by atoms with Crippen molar-refractivity contribution in [1.29, 1.82) is 0 Å². The number of aromatic carboxylic acids is 1. The van der Waals surface area contributed by atoms with Gasteiger partial charge in [-0.3, -0.25) is 4.79 Å². The van der Waals surface area contributed by atoms with Gasteiger partial charge in [0.25, 0.3) is 0 Å². The van der Waals surface area contributed by atoms with Gasteiger partial charge in [-0.15, -0.1) is 0 Å². The molecule has 2 aliphatic rings. The summed E-state index contributed by atoms with van der Waals surface area (Å²) in [6.07, 6.45) is -4.06. The summed E-state index contributed by atoms with van der Waals surface area (Å²) in [6.45, 7) is -0.925. The van der Waals surface area contributed by atoms with Crippen LogP contribution in [-0.4, -0.2) is 60.3 Å². The van der Waals surface area contributed by atoms with E-state index >= 15 is 4.39 Å². The van der Waals surface area contributed by atoms with Gasteiger partial charge in [0.15, 0.2) is 11.6 Å². The zero-order valence-corrected chi connectivity index (χ0v) is 17.3. The van der Waals surface area contributed by atoms with Crippen LogP contribution in [0.3, 0.4) is 0 Å². The number of ether oxygens (including phenoxy) is 2. The number of hydrogen-bond acceptors (Lipinski definition) is 6. The zero-order valence-electron chi connectivity index (χ0n) is 17.3. The van der Waals surface area contributed by atoms with Crippen molar-refractivity contribution >= 4 is 28.7 Å². The smallest absolute Gasteiger partial charge is 0.407 e. The lowest BCUT2D eigenvalue weighted by Gasteiger charge is -2.39. The number of halogens is 4. The molecule has 2 aliphatic heterocycles. The number of hydrogen-bond donors (Lipinski definition) is 2. The van der Waals surface area contributed by atoms with E-state index in [1.54, 1.807) is 4.90 Å². The van der Waals surface area contributed by atoms with Gasteiger partial charge in [0.2, 0.25) is 5.43 Å². The summed E-state index contributed by atoms with van der Waals surface area (Å²) in [5.41, 5.74) is -3.31. The molecule has 0 bridgehead atoms. The minimum Gasteiger partial charge on any atom is -0.492 e. The Bertz CT molecular complexity index is 1200. The molecule has 2 N–H and O–H groups in total. The van der Waals surface area contributed by atoms with Crippen LogP contribution >= 0.6 is 0 Å². The molecule has 33 heavy (non-hydrogen) atoms. The van der Waals surface area contributed by atoms with Gasteiger partial charge in [-0.05, 0) is 6.07 Å². The van der Waals surface area contributed by atoms with Crippen molar-refractivity contribution in [3.05, 3.63) is 33.9 Å². The largest absolute Gasteiger partial charge is 0.492 e. The summed E-state index contributed by atoms with van der Waals surface area (Å²) in [5.74, 6) is -3.00. The lowest BCUT2D eigenvalue weighted by atomic mass is 9.91. The van der Waals surface area contributed by atoms with Crippen molar-refractivity contribution in [1.82, 2.24) is 9.88 Å². The van der Waals surface area contributed by atoms with Crippen LogP contribution in [0, 0.1) is 5.82 Å². The number of pyridine rings is 1. The molecular formula is C20H19F4N3O6. The highest BCUT2D eigenvalue weighted by Gasteiger charge is 2.44. The number of piperidine rings is 1. The summed E-state index contributed by atoms with van der Waals surface area (Å²) < 4.78 is 66.1. The normalized spacial score (nSPS) is 17.8. The van der Waals surface area contributed by atoms with E-state index in [1.807, 2.05) is 0 Å². The standard InChI is InChI=1S/C20H19F4N3O6/c1-32-16-13-10(15(28)11(17(29)30)7-27(13)9-20(22,23)24)6-12(21)14(16)26-4-2-19(3-5-26)8-25-18(31)33-19/h6-7H,2-5,8-9H2,1H3,(H,25,31)(H,29,30). The summed E-state index contributed by atoms with van der Waals surface area (Å²) in [6, 6.07) is 0.732. The highest BCUT2D eigenvalue weighted by molar-refractivity contribution is 5.97. The van der Waals surface area contributed by atoms with Gasteiger partial charge in [0, 0.05) is 32.1 Å². The number of nitrogens with one attached hydrogen (secondary N) is 1. The predicted octanol–water partition coefficient (Wildman–Crippen LogP) is 2.49. The molecule has 0 aliphatic carbocycles. The summed E-state index contributed by atoms with van der Waals surface area (Å²) in [5, 5.41) is 11.3. The van der Waals surface area contributed by atoms with Crippen molar-refractivity contribution in [2.45, 2.75) is 31.2 Å². The number of nitrogens with zero attached hydrogens (tertiary/aromatic N) is 2. The first-order valence-corrected chi connectivity index (χ1v) is 9.90. The van der Waals surface area contributed by atoms with Crippen LogP contribution in [0.15, 0.2) is 17.1 Å². The second-order valence-corrected chi connectivity index (χ2v) is 7.97. The first-order chi connectivity index (χ1) is 15.4. The molecule has 1 spiro atoms. The first-order valence-electron chi connectivity index (χ1n) is 9.90. The van der Waals surface area contributed by atoms with E-state index in [2.05, 4.69) is 5.32 Å². The number of methoxy groups -OCH3 is 1. The van der Waals surface area contributed by atoms with Crippen LogP contribution in [0.1, 0.15) is 23.2 Å². The fraction of sp³-hybridized carbons (Fsp3) is 0.450. The molecular weight excluding hydrogens is 454 g/mol. The molecule has 2 fully saturated rings. The number of benzene rings is 1. The van der Waals surface area contributed by atoms with Gasteiger partial charge in [-0.2, -0.15) is 13.2 Å². The zero-order chi connectivity index (χ0) is 24.1. The van der Waals surface area contributed by atoms with Crippen molar-refractivity contribution in [2.75, 3.05) is 31.6 Å². The summed E-state index contributed by atoms with van der Waals surface area (Å²) in [4.78, 5) is 37.0. The molecule has 2 saturated heterocycles. The van der Waals surface area contributed by atoms with Crippen LogP contribution in [0.4, 0.5) is 28.0 Å². The Labute approximate surface area is 183 Å². The third kappa shape index (κ3) is 4.02. The highest BCUT2D eigenvalue weighted by atomic mass is 19.4. The second-order valence-electron chi connectivity index (χ2n) is 7.97. The minimum atomic E-state index is -4.76. The van der Waals surface area contributed by atoms with Crippen LogP contribution in [0.5, 0.6) is 5.75 Å². The van der Waals surface area contributed by atoms with Crippen LogP contribution in [0.25, 0.3) is 10.9 Å². The third-order valence-corrected chi connectivity index (χ3v) is 5.88. The Balaban J connectivity index is 1.86. The van der Waals surface area contributed by atoms with Gasteiger partial charge < -0.3 is 29.4 Å². The van der Waals surface area contributed by atoms with Gasteiger partial charge >= 0.3 is 18.2 Å². The van der Waals surface area contributed by atoms with Gasteiger partial charge in [0.1, 0.15) is 23.4 Å². The van der Waals surface area contributed by atoms with Crippen molar-refractivity contribution < 1.29 is 41.7 Å². The fourth-order valence-corrected chi connectivity index (χ4v) is 4.37. The lowest BCUT2D eigenvalue weighted by molar-refractivity contribution is -0.140. The van der Waals surface area contributed by atoms with Crippen LogP contribution in [-0.2, 0) is 11.3 Å². The number of anilines is 1. The first kappa shape index (κ1) is 22.7. The average molecular weight is 473 g/mol. The van der Waals surface area contributed by atoms with Gasteiger partial charge in [0.05, 0.1) is 24.6 Å². The van der Waals surface area contributed by atoms with Gasteiger partial charge in [-0.25, -0.2) is 14.0 Å². The average Bonchev–Trinajstić information content (AvgIpc) is 3.09. The van der Waals surface area contributed by atoms with Crippen molar-refractivity contribution in [2.24, 2.45) is 0 Å². The molecule has 1 amide bonds. The lowest BCUT2D eigenvalue weighted by Crippen LogP contribution is -2.47. The quantitative estimate of drug-likeness (QED) is 0.657. The molecule has 0 unspecified atom stereocenters. The topological polar surface area (TPSA) is 110 Å². The molecule has 0 atom stereocenters. The van der Waals surface area contributed by atoms with E-state index in [0.29, 0.717) is 30.2 Å². The van der Waals surface area contributed by atoms with E-state index < -0.39 is 52.6 Å². The van der Waals surface area contributed by atoms with E-state index in [4.69, 9.17) is 9.47 Å². The van der Waals surface area contributed by atoms with Crippen molar-refractivity contribution in [3.8, 4) is 5.75 Å². The molecule has 2 aromatic rings. The molecule has 3 heterocycles. The molecule has 1 aromatic carbocycles. The second kappa shape index (κ2) is 7.81. The Kier molecular flexibility index (Phi) is 5.37. The summed E-state index contributed by atoms with van der Waals surface area (Å²) >= 11 is 0. The van der Waals surface area contributed by atoms with Gasteiger partial charge in [-0.1, -0.05) is 0 Å².